The van der Waals surface area contributed by atoms with Crippen LogP contribution in [0.25, 0.3) is 0 Å². The predicted molar refractivity (Wildman–Crippen MR) is 233 cm³/mol. The minimum atomic E-state index is -4.57. The highest BCUT2D eigenvalue weighted by Gasteiger charge is 2.23. The van der Waals surface area contributed by atoms with Gasteiger partial charge < -0.3 is 28.8 Å². The number of hydrogen-bond acceptors (Lipinski definition) is 6. The van der Waals surface area contributed by atoms with E-state index in [-0.39, 0.29) is 19.1 Å². The molecule has 0 aromatic heterocycles. The Morgan fingerprint density at radius 3 is 1.62 bits per heavy atom. The van der Waals surface area contributed by atoms with Crippen LogP contribution in [0.15, 0.2) is 60.8 Å². The van der Waals surface area contributed by atoms with Crippen molar-refractivity contribution in [3.05, 3.63) is 60.8 Å². The van der Waals surface area contributed by atoms with Crippen LogP contribution in [0.2, 0.25) is 0 Å². The smallest absolute Gasteiger partial charge is 0.268 e. The van der Waals surface area contributed by atoms with Crippen LogP contribution in [0.4, 0.5) is 0 Å². The molecule has 9 heteroatoms. The summed E-state index contributed by atoms with van der Waals surface area (Å²) in [5, 5.41) is 13.6. The van der Waals surface area contributed by atoms with Crippen LogP contribution in [0.3, 0.4) is 0 Å². The molecule has 3 atom stereocenters. The van der Waals surface area contributed by atoms with Gasteiger partial charge in [0.05, 0.1) is 39.9 Å². The lowest BCUT2D eigenvalue weighted by atomic mass is 10.0. The SMILES string of the molecule is CC/C=C\C/C=C\C/C=C\C/C=C\CCCCCCCCCCCCCCCCC(=O)NC(COP(=O)([O-])OCC[N+](C)(C)C)C(O)/C=C/CCCCCC. The fraction of sp³-hybridized carbons (Fsp3) is 0.761. The number of hydrogen-bond donors (Lipinski definition) is 2. The van der Waals surface area contributed by atoms with Crippen LogP contribution in [-0.2, 0) is 18.4 Å². The number of allylic oxidation sites excluding steroid dienone is 9. The van der Waals surface area contributed by atoms with Gasteiger partial charge in [0.2, 0.25) is 5.91 Å². The first-order valence-corrected chi connectivity index (χ1v) is 23.6. The first kappa shape index (κ1) is 53.2. The number of likely N-dealkylation sites (N-methyl/N-ethyl adjacent to an activating group) is 1. The summed E-state index contributed by atoms with van der Waals surface area (Å²) < 4.78 is 23.0. The van der Waals surface area contributed by atoms with Crippen molar-refractivity contribution in [3.8, 4) is 0 Å². The van der Waals surface area contributed by atoms with Crippen LogP contribution in [-0.4, -0.2) is 68.5 Å². The molecule has 0 rings (SSSR count). The van der Waals surface area contributed by atoms with E-state index in [1.807, 2.05) is 27.2 Å². The number of phosphoric acid groups is 1. The number of carbonyl (C=O) groups is 1. The average molecular weight is 793 g/mol. The molecule has 0 spiro atoms. The minimum Gasteiger partial charge on any atom is -0.756 e. The number of carbonyl (C=O) groups excluding carboxylic acids is 1. The Morgan fingerprint density at radius 2 is 1.11 bits per heavy atom. The van der Waals surface area contributed by atoms with E-state index in [2.05, 4.69) is 67.8 Å². The minimum absolute atomic E-state index is 0.00348. The normalized spacial score (nSPS) is 15.0. The third-order valence-electron chi connectivity index (χ3n) is 9.48. The molecule has 8 nitrogen and oxygen atoms in total. The molecule has 1 amide bonds. The molecule has 320 valence electrons. The summed E-state index contributed by atoms with van der Waals surface area (Å²) in [6.45, 7) is 4.43. The number of aliphatic hydroxyl groups excluding tert-OH is 1. The zero-order chi connectivity index (χ0) is 40.7. The van der Waals surface area contributed by atoms with Crippen molar-refractivity contribution in [2.75, 3.05) is 40.9 Å². The maximum Gasteiger partial charge on any atom is 0.268 e. The Bertz CT molecular complexity index is 1080. The second-order valence-corrected chi connectivity index (χ2v) is 17.4. The molecule has 0 aliphatic carbocycles. The topological polar surface area (TPSA) is 108 Å². The van der Waals surface area contributed by atoms with Gasteiger partial charge in [-0.15, -0.1) is 0 Å². The second-order valence-electron chi connectivity index (χ2n) is 16.0. The highest BCUT2D eigenvalue weighted by atomic mass is 31.2. The van der Waals surface area contributed by atoms with Gasteiger partial charge in [0.1, 0.15) is 13.2 Å². The molecule has 0 saturated carbocycles. The van der Waals surface area contributed by atoms with Crippen LogP contribution in [0.1, 0.15) is 174 Å². The number of rotatable bonds is 39. The maximum atomic E-state index is 12.8. The van der Waals surface area contributed by atoms with E-state index < -0.39 is 20.0 Å². The quantitative estimate of drug-likeness (QED) is 0.0278. The highest BCUT2D eigenvalue weighted by Crippen LogP contribution is 2.38. The van der Waals surface area contributed by atoms with Crippen molar-refractivity contribution in [1.82, 2.24) is 5.32 Å². The number of quaternary nitrogens is 1. The van der Waals surface area contributed by atoms with Gasteiger partial charge in [-0.3, -0.25) is 9.36 Å². The van der Waals surface area contributed by atoms with Crippen molar-refractivity contribution in [3.63, 3.8) is 0 Å². The molecular weight excluding hydrogens is 707 g/mol. The zero-order valence-corrected chi connectivity index (χ0v) is 37.0. The van der Waals surface area contributed by atoms with Gasteiger partial charge in [0.15, 0.2) is 0 Å². The molecule has 0 fully saturated rings. The van der Waals surface area contributed by atoms with E-state index in [0.717, 1.165) is 70.6 Å². The number of aliphatic hydroxyl groups is 1. The molecule has 0 saturated heterocycles. The summed E-state index contributed by atoms with van der Waals surface area (Å²) in [6, 6.07) is -0.884. The maximum absolute atomic E-state index is 12.8. The van der Waals surface area contributed by atoms with Gasteiger partial charge in [0.25, 0.3) is 7.82 Å². The van der Waals surface area contributed by atoms with E-state index in [1.54, 1.807) is 6.08 Å². The largest absolute Gasteiger partial charge is 0.756 e. The monoisotopic (exact) mass is 793 g/mol. The van der Waals surface area contributed by atoms with Crippen molar-refractivity contribution in [2.24, 2.45) is 0 Å². The van der Waals surface area contributed by atoms with Gasteiger partial charge in [-0.2, -0.15) is 0 Å². The van der Waals surface area contributed by atoms with E-state index in [4.69, 9.17) is 9.05 Å². The molecule has 0 aromatic rings. The van der Waals surface area contributed by atoms with Gasteiger partial charge in [-0.25, -0.2) is 0 Å². The lowest BCUT2D eigenvalue weighted by molar-refractivity contribution is -0.870. The molecule has 0 aliphatic heterocycles. The number of nitrogens with one attached hydrogen (secondary N) is 1. The molecule has 2 N–H and O–H groups in total. The fourth-order valence-corrected chi connectivity index (χ4v) is 6.69. The van der Waals surface area contributed by atoms with Crippen molar-refractivity contribution < 1.29 is 32.9 Å². The van der Waals surface area contributed by atoms with Crippen LogP contribution in [0, 0.1) is 0 Å². The Labute approximate surface area is 339 Å². The highest BCUT2D eigenvalue weighted by molar-refractivity contribution is 7.45. The molecule has 3 unspecified atom stereocenters. The van der Waals surface area contributed by atoms with Gasteiger partial charge in [-0.05, 0) is 57.8 Å². The van der Waals surface area contributed by atoms with Gasteiger partial charge in [-0.1, -0.05) is 171 Å². The van der Waals surface area contributed by atoms with Crippen molar-refractivity contribution in [2.45, 2.75) is 187 Å². The Hall–Kier alpha value is -1.80. The van der Waals surface area contributed by atoms with E-state index in [1.165, 1.54) is 83.5 Å². The van der Waals surface area contributed by atoms with Crippen LogP contribution >= 0.6 is 7.82 Å². The van der Waals surface area contributed by atoms with Crippen molar-refractivity contribution >= 4 is 13.7 Å². The van der Waals surface area contributed by atoms with E-state index in [0.29, 0.717) is 17.4 Å². The fourth-order valence-electron chi connectivity index (χ4n) is 5.97. The number of amides is 1. The zero-order valence-electron chi connectivity index (χ0n) is 36.1. The van der Waals surface area contributed by atoms with Crippen LogP contribution < -0.4 is 10.2 Å². The summed E-state index contributed by atoms with van der Waals surface area (Å²) in [5.74, 6) is -0.207. The lowest BCUT2D eigenvalue weighted by Gasteiger charge is -2.29. The standard InChI is InChI=1S/C46H85N2O6P/c1-6-8-10-12-14-15-16-17-18-19-20-21-22-23-24-25-26-27-28-29-30-31-32-33-34-36-38-40-46(50)47-44(45(49)39-37-35-13-11-9-7-2)43-54-55(51,52)53-42-41-48(3,4)5/h8,10,14-15,17-18,20-21,37,39,44-45,49H,6-7,9,11-13,16,19,22-36,38,40-43H2,1-5H3,(H-,47,50,51,52)/b10-8-,15-14-,18-17-,21-20-,39-37+. The third-order valence-corrected chi connectivity index (χ3v) is 10.4. The van der Waals surface area contributed by atoms with Gasteiger partial charge in [0, 0.05) is 6.42 Å². The van der Waals surface area contributed by atoms with Crippen molar-refractivity contribution in [1.29, 1.82) is 0 Å². The van der Waals surface area contributed by atoms with E-state index in [9.17, 15) is 19.4 Å². The third kappa shape index (κ3) is 40.2. The molecule has 0 aromatic carbocycles. The molecule has 0 radical (unpaired) electrons. The molecule has 0 aliphatic rings. The molecule has 0 bridgehead atoms. The molecular formula is C46H85N2O6P. The number of phosphoric ester groups is 1. The summed E-state index contributed by atoms with van der Waals surface area (Å²) in [5.41, 5.74) is 0. The average Bonchev–Trinajstić information content (AvgIpc) is 3.13. The predicted octanol–water partition coefficient (Wildman–Crippen LogP) is 11.6. The number of unbranched alkanes of at least 4 members (excludes halogenated alkanes) is 18. The van der Waals surface area contributed by atoms with Gasteiger partial charge >= 0.3 is 0 Å². The van der Waals surface area contributed by atoms with E-state index >= 15 is 0 Å². The molecule has 0 heterocycles. The summed E-state index contributed by atoms with van der Waals surface area (Å²) in [6.07, 6.45) is 48.8. The first-order valence-electron chi connectivity index (χ1n) is 22.2. The summed E-state index contributed by atoms with van der Waals surface area (Å²) >= 11 is 0. The Morgan fingerprint density at radius 1 is 0.655 bits per heavy atom. The first-order chi connectivity index (χ1) is 26.5. The number of nitrogens with zero attached hydrogens (tertiary/aromatic N) is 1. The molecule has 55 heavy (non-hydrogen) atoms. The lowest BCUT2D eigenvalue weighted by Crippen LogP contribution is -2.45. The Balaban J connectivity index is 4.03. The summed E-state index contributed by atoms with van der Waals surface area (Å²) in [7, 11) is 1.25. The second kappa shape index (κ2) is 37.8. The summed E-state index contributed by atoms with van der Waals surface area (Å²) in [4.78, 5) is 25.1. The van der Waals surface area contributed by atoms with Crippen LogP contribution in [0.5, 0.6) is 0 Å². The Kier molecular flexibility index (Phi) is 36.5.